The smallest absolute Gasteiger partial charge is 0.391 e. The number of hydrogen-bond donors (Lipinski definition) is 1. The lowest BCUT2D eigenvalue weighted by Crippen LogP contribution is -2.51. The number of benzene rings is 2. The summed E-state index contributed by atoms with van der Waals surface area (Å²) in [7, 11) is 0. The number of halogens is 2. The van der Waals surface area contributed by atoms with Crippen molar-refractivity contribution in [1.29, 1.82) is 5.26 Å². The van der Waals surface area contributed by atoms with Crippen LogP contribution in [0.5, 0.6) is 5.75 Å². The standard InChI is InChI=1S/C22H19ClFN5O6/c23-15-9-16-20(19(29(33)34)18(15)28(31)32)35-17(11-26-16)21(30)27-7-5-22(12-25,6-8-27)10-13-1-3-14(24)4-2-13/h1-4,9,17,26H,5-8,10-11H2. The van der Waals surface area contributed by atoms with Crippen LogP contribution in [0.1, 0.15) is 18.4 Å². The number of fused-ring (bicyclic) bond motifs is 1. The maximum Gasteiger partial charge on any atom is 0.391 e. The molecule has 0 bridgehead atoms. The molecule has 35 heavy (non-hydrogen) atoms. The number of piperidine rings is 1. The van der Waals surface area contributed by atoms with Gasteiger partial charge >= 0.3 is 11.4 Å². The van der Waals surface area contributed by atoms with E-state index in [1.165, 1.54) is 17.0 Å². The van der Waals surface area contributed by atoms with Crippen LogP contribution in [0.2, 0.25) is 5.02 Å². The third-order valence-electron chi connectivity index (χ3n) is 6.29. The fraction of sp³-hybridized carbons (Fsp3) is 0.364. The number of carbonyl (C=O) groups excluding carboxylic acids is 1. The Labute approximate surface area is 203 Å². The number of amides is 1. The summed E-state index contributed by atoms with van der Waals surface area (Å²) in [5.41, 5.74) is -1.66. The van der Waals surface area contributed by atoms with Gasteiger partial charge in [-0.2, -0.15) is 5.26 Å². The normalized spacial score (nSPS) is 18.4. The summed E-state index contributed by atoms with van der Waals surface area (Å²) in [5, 5.41) is 35.2. The van der Waals surface area contributed by atoms with Crippen LogP contribution in [0.15, 0.2) is 30.3 Å². The first-order valence-electron chi connectivity index (χ1n) is 10.6. The first-order valence-corrected chi connectivity index (χ1v) is 11.0. The summed E-state index contributed by atoms with van der Waals surface area (Å²) >= 11 is 5.87. The Kier molecular flexibility index (Phi) is 6.45. The number of anilines is 1. The second-order valence-corrected chi connectivity index (χ2v) is 8.86. The zero-order chi connectivity index (χ0) is 25.3. The minimum absolute atomic E-state index is 0.0212. The molecule has 1 atom stereocenters. The minimum atomic E-state index is -1.16. The van der Waals surface area contributed by atoms with Crippen LogP contribution in [-0.4, -0.2) is 46.4 Å². The van der Waals surface area contributed by atoms with E-state index in [0.717, 1.165) is 11.6 Å². The van der Waals surface area contributed by atoms with Gasteiger partial charge in [0.2, 0.25) is 5.75 Å². The van der Waals surface area contributed by atoms with Crippen molar-refractivity contribution in [3.05, 3.63) is 67.0 Å². The van der Waals surface area contributed by atoms with Gasteiger partial charge in [0.1, 0.15) is 10.8 Å². The van der Waals surface area contributed by atoms with Gasteiger partial charge in [0, 0.05) is 13.1 Å². The fourth-order valence-corrected chi connectivity index (χ4v) is 4.67. The molecule has 0 radical (unpaired) electrons. The molecule has 2 aliphatic heterocycles. The molecule has 13 heteroatoms. The molecule has 0 spiro atoms. The van der Waals surface area contributed by atoms with Crippen molar-refractivity contribution in [2.24, 2.45) is 5.41 Å². The summed E-state index contributed by atoms with van der Waals surface area (Å²) in [5.74, 6) is -1.24. The van der Waals surface area contributed by atoms with Gasteiger partial charge in [-0.05, 0) is 43.0 Å². The molecule has 4 rings (SSSR count). The molecule has 1 N–H and O–H groups in total. The number of nitro benzene ring substituents is 2. The number of nitrogens with zero attached hydrogens (tertiary/aromatic N) is 4. The Morgan fingerprint density at radius 2 is 1.86 bits per heavy atom. The number of carbonyl (C=O) groups is 1. The lowest BCUT2D eigenvalue weighted by atomic mass is 9.75. The lowest BCUT2D eigenvalue weighted by molar-refractivity contribution is -0.423. The van der Waals surface area contributed by atoms with E-state index in [1.807, 2.05) is 0 Å². The molecule has 0 saturated carbocycles. The maximum atomic E-state index is 13.2. The van der Waals surface area contributed by atoms with Crippen molar-refractivity contribution in [2.75, 3.05) is 25.0 Å². The number of ether oxygens (including phenoxy) is 1. The first kappa shape index (κ1) is 24.2. The highest BCUT2D eigenvalue weighted by molar-refractivity contribution is 6.33. The molecule has 1 unspecified atom stereocenters. The van der Waals surface area contributed by atoms with Crippen LogP contribution in [0, 0.1) is 42.8 Å². The Bertz CT molecular complexity index is 1240. The number of nitro groups is 2. The van der Waals surface area contributed by atoms with Gasteiger partial charge in [0.15, 0.2) is 6.10 Å². The first-order chi connectivity index (χ1) is 16.6. The SMILES string of the molecule is N#CC1(Cc2ccc(F)cc2)CCN(C(=O)C2CNc3cc(Cl)c([N+](=O)[O-])c([N+](=O)[O-])c3O2)CC1. The Morgan fingerprint density at radius 3 is 2.43 bits per heavy atom. The Balaban J connectivity index is 1.49. The summed E-state index contributed by atoms with van der Waals surface area (Å²) in [6.07, 6.45) is 0.0144. The molecule has 2 aromatic carbocycles. The van der Waals surface area contributed by atoms with E-state index in [1.54, 1.807) is 12.1 Å². The van der Waals surface area contributed by atoms with E-state index < -0.39 is 49.4 Å². The zero-order valence-corrected chi connectivity index (χ0v) is 19.0. The number of likely N-dealkylation sites (tertiary alicyclic amines) is 1. The molecule has 2 heterocycles. The second-order valence-electron chi connectivity index (χ2n) is 8.45. The van der Waals surface area contributed by atoms with E-state index in [-0.39, 0.29) is 31.1 Å². The third kappa shape index (κ3) is 4.67. The number of hydrogen-bond acceptors (Lipinski definition) is 8. The fourth-order valence-electron chi connectivity index (χ4n) is 4.41. The van der Waals surface area contributed by atoms with E-state index in [2.05, 4.69) is 11.4 Å². The van der Waals surface area contributed by atoms with Crippen molar-refractivity contribution in [2.45, 2.75) is 25.4 Å². The van der Waals surface area contributed by atoms with Gasteiger partial charge in [-0.1, -0.05) is 23.7 Å². The van der Waals surface area contributed by atoms with Crippen LogP contribution in [0.3, 0.4) is 0 Å². The van der Waals surface area contributed by atoms with E-state index in [0.29, 0.717) is 19.3 Å². The highest BCUT2D eigenvalue weighted by Gasteiger charge is 2.43. The predicted molar refractivity (Wildman–Crippen MR) is 122 cm³/mol. The van der Waals surface area contributed by atoms with E-state index >= 15 is 0 Å². The molecular formula is C22H19ClFN5O6. The summed E-state index contributed by atoms with van der Waals surface area (Å²) in [6, 6.07) is 9.43. The number of rotatable bonds is 5. The maximum absolute atomic E-state index is 13.2. The molecule has 1 amide bonds. The van der Waals surface area contributed by atoms with E-state index in [9.17, 15) is 34.7 Å². The van der Waals surface area contributed by atoms with Crippen molar-refractivity contribution in [3.63, 3.8) is 0 Å². The van der Waals surface area contributed by atoms with Gasteiger partial charge in [-0.15, -0.1) is 0 Å². The quantitative estimate of drug-likeness (QED) is 0.477. The molecule has 0 aliphatic carbocycles. The van der Waals surface area contributed by atoms with Crippen molar-refractivity contribution < 1.29 is 23.8 Å². The van der Waals surface area contributed by atoms with Gasteiger partial charge in [-0.25, -0.2) is 4.39 Å². The van der Waals surface area contributed by atoms with Gasteiger partial charge < -0.3 is 15.0 Å². The van der Waals surface area contributed by atoms with Crippen LogP contribution < -0.4 is 10.1 Å². The highest BCUT2D eigenvalue weighted by Crippen LogP contribution is 2.48. The summed E-state index contributed by atoms with van der Waals surface area (Å²) in [6.45, 7) is 0.485. The molecular weight excluding hydrogens is 485 g/mol. The third-order valence-corrected chi connectivity index (χ3v) is 6.57. The molecule has 1 fully saturated rings. The Hall–Kier alpha value is -3.98. The number of nitriles is 1. The second kappa shape index (κ2) is 9.34. The minimum Gasteiger partial charge on any atom is -0.470 e. The van der Waals surface area contributed by atoms with Crippen molar-refractivity contribution in [3.8, 4) is 11.8 Å². The largest absolute Gasteiger partial charge is 0.470 e. The van der Waals surface area contributed by atoms with E-state index in [4.69, 9.17) is 16.3 Å². The predicted octanol–water partition coefficient (Wildman–Crippen LogP) is 3.84. The van der Waals surface area contributed by atoms with Gasteiger partial charge in [0.05, 0.1) is 33.6 Å². The average molecular weight is 504 g/mol. The van der Waals surface area contributed by atoms with Crippen LogP contribution in [0.25, 0.3) is 0 Å². The highest BCUT2D eigenvalue weighted by atomic mass is 35.5. The average Bonchev–Trinajstić information content (AvgIpc) is 2.84. The molecule has 2 aromatic rings. The molecule has 1 saturated heterocycles. The summed E-state index contributed by atoms with van der Waals surface area (Å²) in [4.78, 5) is 35.6. The van der Waals surface area contributed by atoms with Gasteiger partial charge in [-0.3, -0.25) is 25.0 Å². The molecule has 0 aromatic heterocycles. The monoisotopic (exact) mass is 503 g/mol. The molecule has 2 aliphatic rings. The van der Waals surface area contributed by atoms with Crippen LogP contribution in [0.4, 0.5) is 21.5 Å². The summed E-state index contributed by atoms with van der Waals surface area (Å²) < 4.78 is 18.8. The lowest BCUT2D eigenvalue weighted by Gasteiger charge is -2.39. The molecule has 182 valence electrons. The molecule has 11 nitrogen and oxygen atoms in total. The zero-order valence-electron chi connectivity index (χ0n) is 18.2. The topological polar surface area (TPSA) is 152 Å². The van der Waals surface area contributed by atoms with Gasteiger partial charge in [0.25, 0.3) is 5.91 Å². The number of nitrogens with one attached hydrogen (secondary N) is 1. The van der Waals surface area contributed by atoms with Crippen LogP contribution >= 0.6 is 11.6 Å². The van der Waals surface area contributed by atoms with Crippen LogP contribution in [-0.2, 0) is 11.2 Å². The van der Waals surface area contributed by atoms with Crippen molar-refractivity contribution >= 4 is 34.6 Å². The van der Waals surface area contributed by atoms with Crippen molar-refractivity contribution in [1.82, 2.24) is 4.90 Å². The Morgan fingerprint density at radius 1 is 1.23 bits per heavy atom.